The molecule has 22 heavy (non-hydrogen) atoms. The van der Waals surface area contributed by atoms with Crippen molar-refractivity contribution in [2.75, 3.05) is 0 Å². The van der Waals surface area contributed by atoms with E-state index >= 15 is 0 Å². The van der Waals surface area contributed by atoms with Gasteiger partial charge in [0.1, 0.15) is 6.10 Å². The Morgan fingerprint density at radius 2 is 1.82 bits per heavy atom. The molecule has 0 fully saturated rings. The van der Waals surface area contributed by atoms with Gasteiger partial charge in [0.25, 0.3) is 5.69 Å². The fraction of sp³-hybridized carbons (Fsp3) is 0.143. The molecule has 0 spiro atoms. The second kappa shape index (κ2) is 6.52. The Labute approximate surface area is 134 Å². The Hall–Kier alpha value is -2.48. The minimum atomic E-state index is -0.698. The summed E-state index contributed by atoms with van der Waals surface area (Å²) < 4.78 is 6.46. The second-order valence-corrected chi connectivity index (χ2v) is 5.40. The highest BCUT2D eigenvalue weighted by Crippen LogP contribution is 2.34. The topological polar surface area (TPSA) is 95.5 Å². The summed E-state index contributed by atoms with van der Waals surface area (Å²) in [5.74, 6) is -0.0110. The van der Waals surface area contributed by atoms with Crippen molar-refractivity contribution in [3.8, 4) is 5.75 Å². The number of halogens is 1. The Morgan fingerprint density at radius 1 is 1.09 bits per heavy atom. The molecule has 0 aliphatic carbocycles. The van der Waals surface area contributed by atoms with E-state index in [1.807, 2.05) is 24.3 Å². The first-order valence-corrected chi connectivity index (χ1v) is 7.02. The van der Waals surface area contributed by atoms with E-state index in [-0.39, 0.29) is 11.4 Å². The fourth-order valence-electron chi connectivity index (χ4n) is 1.88. The summed E-state index contributed by atoms with van der Waals surface area (Å²) in [5, 5.41) is 21.8. The number of benzene rings is 2. The van der Waals surface area contributed by atoms with Gasteiger partial charge in [0.05, 0.1) is 15.9 Å². The number of ether oxygens (including phenoxy) is 1. The number of rotatable bonds is 5. The Kier molecular flexibility index (Phi) is 4.71. The maximum absolute atomic E-state index is 11.1. The highest BCUT2D eigenvalue weighted by atomic mass is 79.9. The Bertz CT molecular complexity index is 735. The Balaban J connectivity index is 2.32. The van der Waals surface area contributed by atoms with Crippen molar-refractivity contribution >= 4 is 27.3 Å². The van der Waals surface area contributed by atoms with Crippen LogP contribution in [0.5, 0.6) is 5.75 Å². The normalized spacial score (nSPS) is 11.7. The molecule has 0 aliphatic heterocycles. The molecule has 114 valence electrons. The second-order valence-electron chi connectivity index (χ2n) is 4.48. The first-order valence-electron chi connectivity index (χ1n) is 6.23. The molecule has 0 radical (unpaired) electrons. The van der Waals surface area contributed by atoms with Crippen molar-refractivity contribution in [3.05, 3.63) is 72.7 Å². The maximum atomic E-state index is 11.1. The van der Waals surface area contributed by atoms with Gasteiger partial charge < -0.3 is 4.74 Å². The van der Waals surface area contributed by atoms with Crippen LogP contribution in [0.25, 0.3) is 0 Å². The van der Waals surface area contributed by atoms with Crippen molar-refractivity contribution in [3.63, 3.8) is 0 Å². The van der Waals surface area contributed by atoms with Gasteiger partial charge in [0.15, 0.2) is 5.75 Å². The molecule has 0 aromatic heterocycles. The minimum Gasteiger partial charge on any atom is -0.479 e. The summed E-state index contributed by atoms with van der Waals surface area (Å²) >= 11 is 3.34. The van der Waals surface area contributed by atoms with E-state index in [0.29, 0.717) is 0 Å². The molecule has 1 unspecified atom stereocenters. The summed E-state index contributed by atoms with van der Waals surface area (Å²) in [6.07, 6.45) is -0.447. The number of nitrogens with zero attached hydrogens (tertiary/aromatic N) is 2. The van der Waals surface area contributed by atoms with Crippen LogP contribution in [-0.4, -0.2) is 9.85 Å². The highest BCUT2D eigenvalue weighted by molar-refractivity contribution is 9.10. The third kappa shape index (κ3) is 3.59. The van der Waals surface area contributed by atoms with Gasteiger partial charge in [-0.2, -0.15) is 0 Å². The molecule has 0 heterocycles. The van der Waals surface area contributed by atoms with Gasteiger partial charge in [-0.25, -0.2) is 0 Å². The lowest BCUT2D eigenvalue weighted by Crippen LogP contribution is -2.05. The van der Waals surface area contributed by atoms with E-state index in [9.17, 15) is 20.2 Å². The molecular formula is C14H11BrN2O5. The molecular weight excluding hydrogens is 356 g/mol. The molecule has 2 rings (SSSR count). The van der Waals surface area contributed by atoms with Crippen molar-refractivity contribution in [2.24, 2.45) is 0 Å². The van der Waals surface area contributed by atoms with E-state index in [1.54, 1.807) is 6.92 Å². The first kappa shape index (κ1) is 15.9. The third-order valence-corrected chi connectivity index (χ3v) is 3.47. The summed E-state index contributed by atoms with van der Waals surface area (Å²) in [5.41, 5.74) is 0.0345. The van der Waals surface area contributed by atoms with Crippen molar-refractivity contribution in [1.29, 1.82) is 0 Å². The van der Waals surface area contributed by atoms with Gasteiger partial charge in [-0.05, 0) is 30.7 Å². The molecule has 0 amide bonds. The van der Waals surface area contributed by atoms with E-state index in [1.165, 1.54) is 12.1 Å². The summed E-state index contributed by atoms with van der Waals surface area (Å²) in [4.78, 5) is 20.4. The van der Waals surface area contributed by atoms with Crippen molar-refractivity contribution < 1.29 is 14.6 Å². The van der Waals surface area contributed by atoms with Crippen LogP contribution in [0, 0.1) is 20.2 Å². The quantitative estimate of drug-likeness (QED) is 0.576. The zero-order valence-corrected chi connectivity index (χ0v) is 13.0. The van der Waals surface area contributed by atoms with E-state index in [2.05, 4.69) is 15.9 Å². The average molecular weight is 367 g/mol. The number of nitro benzene ring substituents is 2. The van der Waals surface area contributed by atoms with Gasteiger partial charge in [0, 0.05) is 10.5 Å². The molecule has 1 atom stereocenters. The van der Waals surface area contributed by atoms with Crippen LogP contribution in [0.2, 0.25) is 0 Å². The first-order chi connectivity index (χ1) is 10.4. The molecule has 0 aliphatic rings. The van der Waals surface area contributed by atoms with Crippen LogP contribution >= 0.6 is 15.9 Å². The number of non-ortho nitro benzene ring substituents is 1. The molecule has 0 saturated carbocycles. The zero-order valence-electron chi connectivity index (χ0n) is 11.4. The largest absolute Gasteiger partial charge is 0.479 e. The lowest BCUT2D eigenvalue weighted by Gasteiger charge is -2.15. The lowest BCUT2D eigenvalue weighted by molar-refractivity contribution is -0.394. The molecule has 0 bridgehead atoms. The smallest absolute Gasteiger partial charge is 0.317 e. The number of nitro groups is 2. The van der Waals surface area contributed by atoms with Gasteiger partial charge in [-0.15, -0.1) is 0 Å². The lowest BCUT2D eigenvalue weighted by atomic mass is 10.1. The molecule has 2 aromatic rings. The summed E-state index contributed by atoms with van der Waals surface area (Å²) in [6.45, 7) is 1.74. The predicted octanol–water partition coefficient (Wildman–Crippen LogP) is 4.41. The highest BCUT2D eigenvalue weighted by Gasteiger charge is 2.22. The van der Waals surface area contributed by atoms with E-state index in [4.69, 9.17) is 4.74 Å². The fourth-order valence-corrected chi connectivity index (χ4v) is 2.30. The van der Waals surface area contributed by atoms with Crippen molar-refractivity contribution in [2.45, 2.75) is 13.0 Å². The average Bonchev–Trinajstić information content (AvgIpc) is 2.47. The van der Waals surface area contributed by atoms with Crippen LogP contribution in [0.4, 0.5) is 11.4 Å². The van der Waals surface area contributed by atoms with Crippen LogP contribution in [-0.2, 0) is 0 Å². The third-order valence-electron chi connectivity index (χ3n) is 2.97. The zero-order chi connectivity index (χ0) is 16.3. The van der Waals surface area contributed by atoms with Gasteiger partial charge in [-0.1, -0.05) is 28.1 Å². The predicted molar refractivity (Wildman–Crippen MR) is 82.9 cm³/mol. The van der Waals surface area contributed by atoms with Gasteiger partial charge >= 0.3 is 5.69 Å². The summed E-state index contributed by atoms with van der Waals surface area (Å²) in [7, 11) is 0. The molecule has 0 N–H and O–H groups in total. The van der Waals surface area contributed by atoms with E-state index in [0.717, 1.165) is 16.1 Å². The maximum Gasteiger partial charge on any atom is 0.317 e. The minimum absolute atomic E-state index is 0.0110. The summed E-state index contributed by atoms with van der Waals surface area (Å²) in [6, 6.07) is 10.6. The van der Waals surface area contributed by atoms with Gasteiger partial charge in [-0.3, -0.25) is 20.2 Å². The molecule has 0 saturated heterocycles. The van der Waals surface area contributed by atoms with Crippen molar-refractivity contribution in [1.82, 2.24) is 0 Å². The molecule has 8 heteroatoms. The standard InChI is InChI=1S/C14H11BrN2O5/c1-9(10-3-2-4-11(15)7-10)22-14-6-5-12(16(18)19)8-13(14)17(20)21/h2-9H,1H3. The van der Waals surface area contributed by atoms with Crippen LogP contribution in [0.1, 0.15) is 18.6 Å². The Morgan fingerprint density at radius 3 is 2.41 bits per heavy atom. The van der Waals surface area contributed by atoms with Crippen LogP contribution in [0.3, 0.4) is 0 Å². The monoisotopic (exact) mass is 366 g/mol. The van der Waals surface area contributed by atoms with Crippen LogP contribution in [0.15, 0.2) is 46.9 Å². The van der Waals surface area contributed by atoms with Gasteiger partial charge in [0.2, 0.25) is 0 Å². The van der Waals surface area contributed by atoms with Crippen LogP contribution < -0.4 is 4.74 Å². The van der Waals surface area contributed by atoms with E-state index < -0.39 is 21.6 Å². The molecule has 2 aromatic carbocycles. The number of hydrogen-bond donors (Lipinski definition) is 0. The molecule has 7 nitrogen and oxygen atoms in total. The number of hydrogen-bond acceptors (Lipinski definition) is 5. The SMILES string of the molecule is CC(Oc1ccc([N+](=O)[O-])cc1[N+](=O)[O-])c1cccc(Br)c1.